The van der Waals surface area contributed by atoms with Crippen molar-refractivity contribution < 1.29 is 14.3 Å². The van der Waals surface area contributed by atoms with E-state index in [2.05, 4.69) is 12.2 Å². The first-order chi connectivity index (χ1) is 10.1. The van der Waals surface area contributed by atoms with E-state index in [1.807, 2.05) is 32.9 Å². The highest BCUT2D eigenvalue weighted by atomic mass is 16.5. The topological polar surface area (TPSA) is 47.6 Å². The van der Waals surface area contributed by atoms with Gasteiger partial charge in [0.1, 0.15) is 0 Å². The first kappa shape index (κ1) is 17.3. The minimum Gasteiger partial charge on any atom is -0.490 e. The number of rotatable bonds is 9. The third-order valence-corrected chi connectivity index (χ3v) is 3.12. The largest absolute Gasteiger partial charge is 0.490 e. The number of aryl methyl sites for hydroxylation is 1. The van der Waals surface area contributed by atoms with Crippen LogP contribution in [-0.2, 0) is 4.79 Å². The van der Waals surface area contributed by atoms with Crippen LogP contribution in [0.25, 0.3) is 0 Å². The van der Waals surface area contributed by atoms with Crippen LogP contribution in [0.3, 0.4) is 0 Å². The van der Waals surface area contributed by atoms with Gasteiger partial charge in [0.15, 0.2) is 11.5 Å². The summed E-state index contributed by atoms with van der Waals surface area (Å²) in [5.74, 6) is 1.49. The third-order valence-electron chi connectivity index (χ3n) is 3.12. The second kappa shape index (κ2) is 9.27. The van der Waals surface area contributed by atoms with Gasteiger partial charge in [0.25, 0.3) is 0 Å². The van der Waals surface area contributed by atoms with Crippen molar-refractivity contribution in [1.29, 1.82) is 0 Å². The summed E-state index contributed by atoms with van der Waals surface area (Å²) in [6, 6.07) is 3.75. The lowest BCUT2D eigenvalue weighted by molar-refractivity contribution is -0.116. The van der Waals surface area contributed by atoms with E-state index in [1.54, 1.807) is 0 Å². The Morgan fingerprint density at radius 1 is 1.10 bits per heavy atom. The van der Waals surface area contributed by atoms with Crippen LogP contribution in [0.4, 0.5) is 5.69 Å². The van der Waals surface area contributed by atoms with Crippen molar-refractivity contribution in [3.05, 3.63) is 17.7 Å². The van der Waals surface area contributed by atoms with Gasteiger partial charge in [-0.15, -0.1) is 0 Å². The van der Waals surface area contributed by atoms with E-state index in [0.29, 0.717) is 25.4 Å². The van der Waals surface area contributed by atoms with Crippen LogP contribution >= 0.6 is 0 Å². The number of carbonyl (C=O) groups is 1. The summed E-state index contributed by atoms with van der Waals surface area (Å²) < 4.78 is 11.2. The summed E-state index contributed by atoms with van der Waals surface area (Å²) in [4.78, 5) is 11.9. The quantitative estimate of drug-likeness (QED) is 0.690. The van der Waals surface area contributed by atoms with Gasteiger partial charge in [-0.2, -0.15) is 0 Å². The van der Waals surface area contributed by atoms with Crippen molar-refractivity contribution in [2.45, 2.75) is 53.4 Å². The maximum absolute atomic E-state index is 11.9. The smallest absolute Gasteiger partial charge is 0.224 e. The maximum atomic E-state index is 11.9. The predicted molar refractivity (Wildman–Crippen MR) is 86.3 cm³/mol. The molecular weight excluding hydrogens is 266 g/mol. The van der Waals surface area contributed by atoms with Crippen LogP contribution in [0, 0.1) is 6.92 Å². The van der Waals surface area contributed by atoms with Gasteiger partial charge >= 0.3 is 0 Å². The highest BCUT2D eigenvalue weighted by Gasteiger charge is 2.12. The molecule has 1 aromatic carbocycles. The van der Waals surface area contributed by atoms with Crippen LogP contribution < -0.4 is 14.8 Å². The summed E-state index contributed by atoms with van der Waals surface area (Å²) in [5, 5.41) is 2.94. The Morgan fingerprint density at radius 3 is 2.43 bits per heavy atom. The fourth-order valence-electron chi connectivity index (χ4n) is 2.16. The van der Waals surface area contributed by atoms with E-state index in [-0.39, 0.29) is 5.91 Å². The van der Waals surface area contributed by atoms with Gasteiger partial charge in [-0.25, -0.2) is 0 Å². The molecule has 0 saturated carbocycles. The van der Waals surface area contributed by atoms with Crippen LogP contribution in [0.5, 0.6) is 11.5 Å². The molecule has 0 radical (unpaired) electrons. The average Bonchev–Trinajstić information content (AvgIpc) is 2.43. The van der Waals surface area contributed by atoms with Crippen molar-refractivity contribution in [3.63, 3.8) is 0 Å². The molecule has 0 saturated heterocycles. The van der Waals surface area contributed by atoms with Crippen LogP contribution in [0.1, 0.15) is 52.0 Å². The van der Waals surface area contributed by atoms with Gasteiger partial charge in [0, 0.05) is 18.2 Å². The average molecular weight is 293 g/mol. The lowest BCUT2D eigenvalue weighted by Crippen LogP contribution is -2.12. The Hall–Kier alpha value is -1.71. The molecule has 1 rings (SSSR count). The zero-order chi connectivity index (χ0) is 15.7. The predicted octanol–water partition coefficient (Wildman–Crippen LogP) is 4.31. The maximum Gasteiger partial charge on any atom is 0.224 e. The number of amides is 1. The van der Waals surface area contributed by atoms with Crippen molar-refractivity contribution in [2.24, 2.45) is 0 Å². The van der Waals surface area contributed by atoms with Crippen LogP contribution in [0.15, 0.2) is 12.1 Å². The molecule has 0 aliphatic rings. The zero-order valence-corrected chi connectivity index (χ0v) is 13.6. The summed E-state index contributed by atoms with van der Waals surface area (Å²) >= 11 is 0. The Morgan fingerprint density at radius 2 is 1.81 bits per heavy atom. The van der Waals surface area contributed by atoms with Crippen molar-refractivity contribution in [1.82, 2.24) is 0 Å². The molecule has 4 nitrogen and oxygen atoms in total. The van der Waals surface area contributed by atoms with Gasteiger partial charge < -0.3 is 14.8 Å². The van der Waals surface area contributed by atoms with Crippen molar-refractivity contribution in [2.75, 3.05) is 18.5 Å². The minimum absolute atomic E-state index is 0.0504. The number of ether oxygens (including phenoxy) is 2. The number of unbranched alkanes of at least 4 members (excludes halogenated alkanes) is 2. The highest BCUT2D eigenvalue weighted by molar-refractivity contribution is 5.91. The molecule has 0 spiro atoms. The van der Waals surface area contributed by atoms with Crippen LogP contribution in [-0.4, -0.2) is 19.1 Å². The van der Waals surface area contributed by atoms with Gasteiger partial charge in [-0.05, 0) is 38.8 Å². The van der Waals surface area contributed by atoms with Gasteiger partial charge in [-0.3, -0.25) is 4.79 Å². The molecule has 21 heavy (non-hydrogen) atoms. The number of hydrogen-bond acceptors (Lipinski definition) is 3. The second-order valence-electron chi connectivity index (χ2n) is 4.99. The molecule has 0 unspecified atom stereocenters. The first-order valence-electron chi connectivity index (χ1n) is 7.82. The van der Waals surface area contributed by atoms with E-state index in [4.69, 9.17) is 9.47 Å². The molecule has 4 heteroatoms. The molecule has 1 N–H and O–H groups in total. The van der Waals surface area contributed by atoms with Crippen LogP contribution in [0.2, 0.25) is 0 Å². The van der Waals surface area contributed by atoms with E-state index >= 15 is 0 Å². The third kappa shape index (κ3) is 5.66. The van der Waals surface area contributed by atoms with E-state index in [0.717, 1.165) is 36.3 Å². The van der Waals surface area contributed by atoms with E-state index in [1.165, 1.54) is 0 Å². The number of benzene rings is 1. The Balaban J connectivity index is 2.81. The number of anilines is 1. The summed E-state index contributed by atoms with van der Waals surface area (Å²) in [6.07, 6.45) is 3.69. The standard InChI is InChI=1S/C17H27NO3/c1-5-8-9-10-16(19)18-14-11-13(4)17(21-7-3)15(12-14)20-6-2/h11-12H,5-10H2,1-4H3,(H,18,19). The molecule has 0 atom stereocenters. The number of hydrogen-bond donors (Lipinski definition) is 1. The number of nitrogens with one attached hydrogen (secondary N) is 1. The molecule has 0 heterocycles. The lowest BCUT2D eigenvalue weighted by Gasteiger charge is -2.15. The Kier molecular flexibility index (Phi) is 7.65. The van der Waals surface area contributed by atoms with Gasteiger partial charge in [0.05, 0.1) is 13.2 Å². The molecule has 1 aromatic rings. The van der Waals surface area contributed by atoms with Gasteiger partial charge in [-0.1, -0.05) is 19.8 Å². The normalized spacial score (nSPS) is 10.3. The molecule has 0 bridgehead atoms. The summed E-state index contributed by atoms with van der Waals surface area (Å²) in [5.41, 5.74) is 1.73. The second-order valence-corrected chi connectivity index (χ2v) is 4.99. The van der Waals surface area contributed by atoms with E-state index in [9.17, 15) is 4.79 Å². The highest BCUT2D eigenvalue weighted by Crippen LogP contribution is 2.34. The van der Waals surface area contributed by atoms with Crippen molar-refractivity contribution in [3.8, 4) is 11.5 Å². The molecule has 0 aromatic heterocycles. The summed E-state index contributed by atoms with van der Waals surface area (Å²) in [7, 11) is 0. The molecule has 0 aliphatic heterocycles. The van der Waals surface area contributed by atoms with Crippen molar-refractivity contribution >= 4 is 11.6 Å². The summed E-state index contributed by atoms with van der Waals surface area (Å²) in [6.45, 7) is 9.11. The fourth-order valence-corrected chi connectivity index (χ4v) is 2.16. The fraction of sp³-hybridized carbons (Fsp3) is 0.588. The molecule has 0 aliphatic carbocycles. The number of carbonyl (C=O) groups excluding carboxylic acids is 1. The van der Waals surface area contributed by atoms with E-state index < -0.39 is 0 Å². The first-order valence-corrected chi connectivity index (χ1v) is 7.82. The molecule has 0 fully saturated rings. The molecule has 1 amide bonds. The Bertz CT molecular complexity index is 458. The Labute approximate surface area is 127 Å². The SMILES string of the molecule is CCCCCC(=O)Nc1cc(C)c(OCC)c(OCC)c1. The zero-order valence-electron chi connectivity index (χ0n) is 13.6. The van der Waals surface area contributed by atoms with Gasteiger partial charge in [0.2, 0.25) is 5.91 Å². The lowest BCUT2D eigenvalue weighted by atomic mass is 10.1. The molecule has 118 valence electrons. The molecular formula is C17H27NO3. The monoisotopic (exact) mass is 293 g/mol. The minimum atomic E-state index is 0.0504.